The SMILES string of the molecule is CC/C=C\C/C=C\C/C=C\C/C=C\C/C=C\C/C=C\C/C=C\C/C=C\CCCCCCCCCCCCCCC(=O)OC(CO)COC(=O)CCCCCCCCCCCCCCCCCC/C=C\C/C=C\C/C=C\C/C=C\C/C=C\C/C=C\CC. The zero-order valence-electron chi connectivity index (χ0n) is 55.8. The van der Waals surface area contributed by atoms with Crippen LogP contribution in [0.15, 0.2) is 170 Å². The molecule has 1 unspecified atom stereocenters. The van der Waals surface area contributed by atoms with Gasteiger partial charge in [-0.1, -0.05) is 338 Å². The first-order valence-electron chi connectivity index (χ1n) is 35.7. The van der Waals surface area contributed by atoms with Crippen molar-refractivity contribution in [3.8, 4) is 0 Å². The molecule has 1 atom stereocenters. The van der Waals surface area contributed by atoms with E-state index >= 15 is 0 Å². The first-order valence-corrected chi connectivity index (χ1v) is 35.7. The molecule has 0 aliphatic heterocycles. The Labute approximate surface area is 532 Å². The van der Waals surface area contributed by atoms with E-state index in [0.717, 1.165) is 128 Å². The van der Waals surface area contributed by atoms with E-state index in [1.165, 1.54) is 154 Å². The zero-order chi connectivity index (χ0) is 61.9. The molecular weight excluding hydrogens is 1050 g/mol. The molecule has 0 rings (SSSR count). The van der Waals surface area contributed by atoms with Crippen LogP contribution < -0.4 is 0 Å². The van der Waals surface area contributed by atoms with E-state index in [9.17, 15) is 14.7 Å². The van der Waals surface area contributed by atoms with Gasteiger partial charge in [-0.2, -0.15) is 0 Å². The summed E-state index contributed by atoms with van der Waals surface area (Å²) in [6, 6.07) is 0. The van der Waals surface area contributed by atoms with Crippen molar-refractivity contribution in [2.75, 3.05) is 13.2 Å². The largest absolute Gasteiger partial charge is 0.462 e. The second-order valence-electron chi connectivity index (χ2n) is 23.2. The molecule has 0 amide bonds. The monoisotopic (exact) mass is 1190 g/mol. The molecule has 0 aromatic rings. The van der Waals surface area contributed by atoms with Gasteiger partial charge in [0.25, 0.3) is 0 Å². The van der Waals surface area contributed by atoms with Gasteiger partial charge in [0, 0.05) is 12.8 Å². The summed E-state index contributed by atoms with van der Waals surface area (Å²) in [6.45, 7) is 3.92. The number of unbranched alkanes of at least 4 members (excludes halogenated alkanes) is 28. The number of ether oxygens (including phenoxy) is 2. The summed E-state index contributed by atoms with van der Waals surface area (Å²) >= 11 is 0. The lowest BCUT2D eigenvalue weighted by Gasteiger charge is -2.15. The molecule has 0 aromatic heterocycles. The number of carbonyl (C=O) groups is 2. The predicted octanol–water partition coefficient (Wildman–Crippen LogP) is 25.2. The third-order valence-electron chi connectivity index (χ3n) is 15.0. The highest BCUT2D eigenvalue weighted by Gasteiger charge is 2.16. The van der Waals surface area contributed by atoms with Crippen LogP contribution in [-0.4, -0.2) is 36.4 Å². The molecule has 486 valence electrons. The summed E-state index contributed by atoms with van der Waals surface area (Å²) in [5, 5.41) is 9.71. The molecule has 0 radical (unpaired) electrons. The van der Waals surface area contributed by atoms with Crippen molar-refractivity contribution in [2.24, 2.45) is 0 Å². The molecule has 5 nitrogen and oxygen atoms in total. The number of aliphatic hydroxyl groups is 1. The third-order valence-corrected chi connectivity index (χ3v) is 15.0. The predicted molar refractivity (Wildman–Crippen MR) is 380 cm³/mol. The van der Waals surface area contributed by atoms with Crippen molar-refractivity contribution in [3.05, 3.63) is 170 Å². The number of allylic oxidation sites excluding steroid dienone is 28. The summed E-state index contributed by atoms with van der Waals surface area (Å²) in [5.41, 5.74) is 0. The maximum Gasteiger partial charge on any atom is 0.306 e. The van der Waals surface area contributed by atoms with Crippen LogP contribution >= 0.6 is 0 Å². The van der Waals surface area contributed by atoms with E-state index in [-0.39, 0.29) is 25.2 Å². The number of hydrogen-bond acceptors (Lipinski definition) is 5. The van der Waals surface area contributed by atoms with Crippen LogP contribution in [-0.2, 0) is 19.1 Å². The van der Waals surface area contributed by atoms with E-state index in [2.05, 4.69) is 184 Å². The molecule has 0 saturated heterocycles. The maximum absolute atomic E-state index is 12.4. The average molecular weight is 1190 g/mol. The van der Waals surface area contributed by atoms with Crippen LogP contribution in [0.5, 0.6) is 0 Å². The van der Waals surface area contributed by atoms with Crippen LogP contribution in [0.2, 0.25) is 0 Å². The Morgan fingerprint density at radius 3 is 0.698 bits per heavy atom. The molecule has 5 heteroatoms. The highest BCUT2D eigenvalue weighted by molar-refractivity contribution is 5.70. The highest BCUT2D eigenvalue weighted by atomic mass is 16.6. The second kappa shape index (κ2) is 74.5. The molecule has 0 aliphatic rings. The fraction of sp³-hybridized carbons (Fsp3) is 0.630. The highest BCUT2D eigenvalue weighted by Crippen LogP contribution is 2.17. The van der Waals surface area contributed by atoms with Gasteiger partial charge in [-0.05, 0) is 128 Å². The number of esters is 2. The number of hydrogen-bond donors (Lipinski definition) is 1. The van der Waals surface area contributed by atoms with Gasteiger partial charge in [-0.3, -0.25) is 9.59 Å². The lowest BCUT2D eigenvalue weighted by Crippen LogP contribution is -2.28. The number of aliphatic hydroxyl groups excluding tert-OH is 1. The molecule has 0 aromatic carbocycles. The van der Waals surface area contributed by atoms with Crippen LogP contribution in [0.3, 0.4) is 0 Å². The van der Waals surface area contributed by atoms with E-state index < -0.39 is 6.10 Å². The minimum Gasteiger partial charge on any atom is -0.462 e. The fourth-order valence-corrected chi connectivity index (χ4v) is 9.75. The minimum atomic E-state index is -0.785. The van der Waals surface area contributed by atoms with Crippen molar-refractivity contribution in [2.45, 2.75) is 315 Å². The molecule has 0 heterocycles. The van der Waals surface area contributed by atoms with Gasteiger partial charge in [0.1, 0.15) is 6.61 Å². The summed E-state index contributed by atoms with van der Waals surface area (Å²) in [4.78, 5) is 24.7. The molecule has 0 spiro atoms. The molecule has 86 heavy (non-hydrogen) atoms. The topological polar surface area (TPSA) is 72.8 Å². The van der Waals surface area contributed by atoms with Crippen LogP contribution in [0.4, 0.5) is 0 Å². The fourth-order valence-electron chi connectivity index (χ4n) is 9.75. The normalized spacial score (nSPS) is 13.3. The number of rotatable bonds is 64. The Hall–Kier alpha value is -4.74. The third kappa shape index (κ3) is 71.7. The van der Waals surface area contributed by atoms with Gasteiger partial charge in [0.05, 0.1) is 6.61 Å². The standard InChI is InChI=1S/C81H132O5/c1-3-5-7-9-11-13-15-17-19-21-23-25-27-29-31-33-35-37-39-40-42-44-46-48-50-52-54-56-58-60-62-64-66-68-70-72-74-76-81(84)86-79(77-82)78-85-80(83)75-73-71-69-67-65-63-61-59-57-55-53-51-49-47-45-43-41-38-36-34-32-30-28-26-24-22-20-18-16-14-12-10-8-6-4-2/h5-8,11-14,17-20,23-26,29-32,35-38,40,42,46,48,79,82H,3-4,9-10,15-16,21-22,27-28,33-34,39,41,43-45,47,49-78H2,1-2H3/b7-5-,8-6-,13-11-,14-12-,19-17-,20-18-,25-23-,26-24-,31-29-,32-30-,37-35-,38-36-,42-40-,48-46-. The Bertz CT molecular complexity index is 1870. The van der Waals surface area contributed by atoms with Crippen molar-refractivity contribution in [1.82, 2.24) is 0 Å². The van der Waals surface area contributed by atoms with Gasteiger partial charge >= 0.3 is 11.9 Å². The van der Waals surface area contributed by atoms with Gasteiger partial charge in [0.2, 0.25) is 0 Å². The summed E-state index contributed by atoms with van der Waals surface area (Å²) in [7, 11) is 0. The Kier molecular flexibility index (Phi) is 70.4. The Balaban J connectivity index is 3.52. The molecule has 0 fully saturated rings. The molecule has 0 saturated carbocycles. The summed E-state index contributed by atoms with van der Waals surface area (Å²) in [6.07, 6.45) is 115. The van der Waals surface area contributed by atoms with Crippen molar-refractivity contribution >= 4 is 11.9 Å². The first-order chi connectivity index (χ1) is 42.6. The summed E-state index contributed by atoms with van der Waals surface area (Å²) < 4.78 is 10.8. The minimum absolute atomic E-state index is 0.0729. The zero-order valence-corrected chi connectivity index (χ0v) is 55.8. The van der Waals surface area contributed by atoms with Gasteiger partial charge in [-0.25, -0.2) is 0 Å². The quantitative estimate of drug-likeness (QED) is 0.0373. The molecular formula is C81H132O5. The van der Waals surface area contributed by atoms with Crippen molar-refractivity contribution in [1.29, 1.82) is 0 Å². The van der Waals surface area contributed by atoms with Gasteiger partial charge in [0.15, 0.2) is 6.10 Å². The second-order valence-corrected chi connectivity index (χ2v) is 23.2. The smallest absolute Gasteiger partial charge is 0.306 e. The molecule has 0 aliphatic carbocycles. The van der Waals surface area contributed by atoms with Gasteiger partial charge < -0.3 is 14.6 Å². The van der Waals surface area contributed by atoms with Crippen LogP contribution in [0.25, 0.3) is 0 Å². The Morgan fingerprint density at radius 2 is 0.465 bits per heavy atom. The summed E-state index contributed by atoms with van der Waals surface area (Å²) in [5.74, 6) is -0.592. The van der Waals surface area contributed by atoms with E-state index in [4.69, 9.17) is 9.47 Å². The first kappa shape index (κ1) is 81.3. The lowest BCUT2D eigenvalue weighted by atomic mass is 10.0. The maximum atomic E-state index is 12.4. The number of carbonyl (C=O) groups excluding carboxylic acids is 2. The van der Waals surface area contributed by atoms with Crippen molar-refractivity contribution < 1.29 is 24.2 Å². The van der Waals surface area contributed by atoms with E-state index in [0.29, 0.717) is 12.8 Å². The molecule has 0 bridgehead atoms. The van der Waals surface area contributed by atoms with E-state index in [1.54, 1.807) is 0 Å². The van der Waals surface area contributed by atoms with E-state index in [1.807, 2.05) is 0 Å². The Morgan fingerprint density at radius 1 is 0.267 bits per heavy atom. The molecule has 1 N–H and O–H groups in total. The van der Waals surface area contributed by atoms with Crippen LogP contribution in [0.1, 0.15) is 309 Å². The van der Waals surface area contributed by atoms with Crippen LogP contribution in [0, 0.1) is 0 Å². The van der Waals surface area contributed by atoms with Gasteiger partial charge in [-0.15, -0.1) is 0 Å². The average Bonchev–Trinajstić information content (AvgIpc) is 3.53. The van der Waals surface area contributed by atoms with Crippen molar-refractivity contribution in [3.63, 3.8) is 0 Å². The lowest BCUT2D eigenvalue weighted by molar-refractivity contribution is -0.161.